The molecule has 1 spiro atoms. The van der Waals surface area contributed by atoms with Crippen LogP contribution in [0, 0.1) is 25.7 Å². The van der Waals surface area contributed by atoms with E-state index in [9.17, 15) is 19.5 Å². The summed E-state index contributed by atoms with van der Waals surface area (Å²) in [6.45, 7) is 4.09. The molecule has 4 aliphatic rings. The van der Waals surface area contributed by atoms with Crippen molar-refractivity contribution in [2.45, 2.75) is 56.9 Å². The zero-order chi connectivity index (χ0) is 28.7. The molecule has 2 fully saturated rings. The Balaban J connectivity index is 1.52. The molecule has 0 saturated carbocycles. The molecule has 8 heteroatoms. The number of hydrogen-bond donors (Lipinski definition) is 1. The first-order valence-corrected chi connectivity index (χ1v) is 14.4. The molecular weight excluding hydrogens is 520 g/mol. The van der Waals surface area contributed by atoms with Crippen LogP contribution in [0.2, 0.25) is 0 Å². The van der Waals surface area contributed by atoms with Crippen molar-refractivity contribution in [1.29, 1.82) is 0 Å². The van der Waals surface area contributed by atoms with Crippen molar-refractivity contribution in [3.8, 4) is 0 Å². The van der Waals surface area contributed by atoms with Crippen molar-refractivity contribution >= 4 is 23.5 Å². The van der Waals surface area contributed by atoms with Gasteiger partial charge in [0.05, 0.1) is 31.3 Å². The molecule has 0 aliphatic carbocycles. The summed E-state index contributed by atoms with van der Waals surface area (Å²) in [4.78, 5) is 46.1. The van der Waals surface area contributed by atoms with E-state index in [1.165, 1.54) is 4.90 Å². The lowest BCUT2D eigenvalue weighted by atomic mass is 9.78. The highest BCUT2D eigenvalue weighted by Crippen LogP contribution is 2.55. The van der Waals surface area contributed by atoms with Crippen LogP contribution in [0.3, 0.4) is 0 Å². The molecule has 41 heavy (non-hydrogen) atoms. The van der Waals surface area contributed by atoms with E-state index < -0.39 is 54.1 Å². The van der Waals surface area contributed by atoms with Crippen LogP contribution in [0.25, 0.3) is 0 Å². The maximum Gasteiger partial charge on any atom is 0.312 e. The summed E-state index contributed by atoms with van der Waals surface area (Å²) in [6, 6.07) is 13.2. The van der Waals surface area contributed by atoms with Gasteiger partial charge >= 0.3 is 5.97 Å². The van der Waals surface area contributed by atoms with Gasteiger partial charge in [0.2, 0.25) is 5.91 Å². The van der Waals surface area contributed by atoms with Crippen molar-refractivity contribution in [2.24, 2.45) is 11.8 Å². The number of likely N-dealkylation sites (tertiary alicyclic amines) is 1. The number of hydrogen-bond acceptors (Lipinski definition) is 6. The third kappa shape index (κ3) is 4.50. The second-order valence-electron chi connectivity index (χ2n) is 11.4. The van der Waals surface area contributed by atoms with E-state index in [0.717, 1.165) is 36.1 Å². The van der Waals surface area contributed by atoms with Crippen molar-refractivity contribution in [3.63, 3.8) is 0 Å². The minimum absolute atomic E-state index is 0.273. The molecule has 2 aromatic carbocycles. The number of amides is 2. The molecule has 4 aliphatic heterocycles. The van der Waals surface area contributed by atoms with Crippen molar-refractivity contribution in [2.75, 3.05) is 24.7 Å². The van der Waals surface area contributed by atoms with Gasteiger partial charge in [-0.25, -0.2) is 0 Å². The molecule has 214 valence electrons. The number of rotatable bonds is 4. The van der Waals surface area contributed by atoms with E-state index in [2.05, 4.69) is 0 Å². The first-order valence-electron chi connectivity index (χ1n) is 14.4. The predicted octanol–water partition coefficient (Wildman–Crippen LogP) is 3.80. The fourth-order valence-corrected chi connectivity index (χ4v) is 6.95. The molecule has 1 unspecified atom stereocenters. The SMILES string of the molecule is Cc1ccc(C)c(N2CC=C[C@]34O[C@H]5/C=C\CCCCOC(=O)[C@H]5[C@H]3C(=O)N([C@H](CO)c3ccccc3)C4C2=O)c1. The van der Waals surface area contributed by atoms with Gasteiger partial charge in [-0.1, -0.05) is 66.8 Å². The number of carbonyl (C=O) groups excluding carboxylic acids is 3. The molecular formula is C33H36N2O6. The summed E-state index contributed by atoms with van der Waals surface area (Å²) in [6.07, 6.45) is 9.24. The van der Waals surface area contributed by atoms with Gasteiger partial charge in [0, 0.05) is 12.2 Å². The summed E-state index contributed by atoms with van der Waals surface area (Å²) in [5, 5.41) is 10.7. The third-order valence-electron chi connectivity index (χ3n) is 8.89. The maximum atomic E-state index is 14.8. The number of nitrogens with zero attached hydrogens (tertiary/aromatic N) is 2. The molecule has 6 rings (SSSR count). The Bertz CT molecular complexity index is 1400. The number of carbonyl (C=O) groups is 3. The van der Waals surface area contributed by atoms with Crippen LogP contribution in [0.4, 0.5) is 5.69 Å². The van der Waals surface area contributed by atoms with Crippen LogP contribution >= 0.6 is 0 Å². The highest BCUT2D eigenvalue weighted by molar-refractivity contribution is 6.06. The molecule has 2 saturated heterocycles. The van der Waals surface area contributed by atoms with Gasteiger partial charge in [-0.05, 0) is 55.9 Å². The molecule has 4 heterocycles. The highest BCUT2D eigenvalue weighted by Gasteiger charge is 2.72. The largest absolute Gasteiger partial charge is 0.465 e. The van der Waals surface area contributed by atoms with E-state index >= 15 is 0 Å². The number of allylic oxidation sites excluding steroid dienone is 1. The number of cyclic esters (lactones) is 1. The third-order valence-corrected chi connectivity index (χ3v) is 8.89. The van der Waals surface area contributed by atoms with Crippen LogP contribution in [0.5, 0.6) is 0 Å². The monoisotopic (exact) mass is 556 g/mol. The number of esters is 1. The van der Waals surface area contributed by atoms with Crippen molar-refractivity contribution in [3.05, 3.63) is 89.5 Å². The number of aliphatic hydroxyl groups is 1. The van der Waals surface area contributed by atoms with E-state index in [-0.39, 0.29) is 19.1 Å². The lowest BCUT2D eigenvalue weighted by Gasteiger charge is -2.39. The van der Waals surface area contributed by atoms with E-state index in [1.54, 1.807) is 4.90 Å². The molecule has 0 aromatic heterocycles. The van der Waals surface area contributed by atoms with Gasteiger partial charge in [0.1, 0.15) is 17.6 Å². The van der Waals surface area contributed by atoms with Crippen molar-refractivity contribution < 1.29 is 29.0 Å². The molecule has 1 N–H and O–H groups in total. The number of aliphatic hydroxyl groups excluding tert-OH is 1. The zero-order valence-corrected chi connectivity index (χ0v) is 23.4. The first kappa shape index (κ1) is 27.4. The molecule has 8 nitrogen and oxygen atoms in total. The standard InChI is InChI=1S/C33H36N2O6/c1-21-14-15-22(2)24(19-21)34-17-10-16-33-28(27-26(41-33)13-8-3-4-9-18-40-32(27)39)30(37)35(29(33)31(34)38)25(20-36)23-11-6-5-7-12-23/h5-8,10-16,19,25-29,36H,3-4,9,17-18,20H2,1-2H3/b13-8-/t25-,26+,27-,28+,29?,33+/m1/s1. The summed E-state index contributed by atoms with van der Waals surface area (Å²) in [5.41, 5.74) is 1.98. The minimum Gasteiger partial charge on any atom is -0.465 e. The topological polar surface area (TPSA) is 96.4 Å². The van der Waals surface area contributed by atoms with Crippen LogP contribution in [-0.4, -0.2) is 65.3 Å². The van der Waals surface area contributed by atoms with E-state index in [4.69, 9.17) is 9.47 Å². The van der Waals surface area contributed by atoms with E-state index in [1.807, 2.05) is 86.7 Å². The lowest BCUT2D eigenvalue weighted by molar-refractivity contribution is -0.155. The van der Waals surface area contributed by atoms with Crippen LogP contribution in [-0.2, 0) is 23.9 Å². The van der Waals surface area contributed by atoms with Gasteiger partial charge in [-0.2, -0.15) is 0 Å². The minimum atomic E-state index is -1.41. The Labute approximate surface area is 240 Å². The zero-order valence-electron chi connectivity index (χ0n) is 23.4. The van der Waals surface area contributed by atoms with Gasteiger partial charge in [-0.15, -0.1) is 0 Å². The Morgan fingerprint density at radius 2 is 1.83 bits per heavy atom. The quantitative estimate of drug-likeness (QED) is 0.455. The smallest absolute Gasteiger partial charge is 0.312 e. The summed E-state index contributed by atoms with van der Waals surface area (Å²) in [7, 11) is 0. The normalized spacial score (nSPS) is 31.1. The number of anilines is 1. The van der Waals surface area contributed by atoms with Crippen molar-refractivity contribution in [1.82, 2.24) is 4.90 Å². The number of aryl methyl sites for hydroxylation is 2. The van der Waals surface area contributed by atoms with Gasteiger partial charge in [-0.3, -0.25) is 14.4 Å². The average molecular weight is 557 g/mol. The lowest BCUT2D eigenvalue weighted by Crippen LogP contribution is -2.56. The van der Waals surface area contributed by atoms with Crippen LogP contribution in [0.1, 0.15) is 42.0 Å². The molecule has 2 aromatic rings. The van der Waals surface area contributed by atoms with Crippen LogP contribution < -0.4 is 4.90 Å². The number of ether oxygens (including phenoxy) is 2. The second kappa shape index (κ2) is 10.9. The predicted molar refractivity (Wildman–Crippen MR) is 153 cm³/mol. The van der Waals surface area contributed by atoms with Crippen LogP contribution in [0.15, 0.2) is 72.8 Å². The highest BCUT2D eigenvalue weighted by atomic mass is 16.6. The Morgan fingerprint density at radius 3 is 2.61 bits per heavy atom. The number of benzene rings is 2. The van der Waals surface area contributed by atoms with Gasteiger partial charge in [0.15, 0.2) is 0 Å². The number of fused-ring (bicyclic) bond motifs is 2. The van der Waals surface area contributed by atoms with Gasteiger partial charge < -0.3 is 24.4 Å². The second-order valence-corrected chi connectivity index (χ2v) is 11.4. The molecule has 0 radical (unpaired) electrons. The molecule has 2 amide bonds. The summed E-state index contributed by atoms with van der Waals surface area (Å²) in [5.74, 6) is -3.09. The maximum absolute atomic E-state index is 14.8. The molecule has 6 atom stereocenters. The fraction of sp³-hybridized carbons (Fsp3) is 0.424. The Kier molecular flexibility index (Phi) is 7.30. The first-order chi connectivity index (χ1) is 19.9. The van der Waals surface area contributed by atoms with Gasteiger partial charge in [0.25, 0.3) is 5.91 Å². The average Bonchev–Trinajstić information content (AvgIpc) is 3.36. The molecule has 0 bridgehead atoms. The summed E-state index contributed by atoms with van der Waals surface area (Å²) >= 11 is 0. The Morgan fingerprint density at radius 1 is 1.02 bits per heavy atom. The van der Waals surface area contributed by atoms with E-state index in [0.29, 0.717) is 5.56 Å². The Hall–Kier alpha value is -3.75. The summed E-state index contributed by atoms with van der Waals surface area (Å²) < 4.78 is 12.4. The fourth-order valence-electron chi connectivity index (χ4n) is 6.95.